The lowest BCUT2D eigenvalue weighted by Crippen LogP contribution is -2.25. The molecule has 0 saturated heterocycles. The van der Waals surface area contributed by atoms with Crippen LogP contribution in [-0.4, -0.2) is 30.0 Å². The fraction of sp³-hybridized carbons (Fsp3) is 0.174. The second-order valence-corrected chi connectivity index (χ2v) is 6.95. The minimum atomic E-state index is -0.504. The number of nitrogens with one attached hydrogen (secondary N) is 1. The van der Waals surface area contributed by atoms with Gasteiger partial charge >= 0.3 is 5.97 Å². The Hall–Kier alpha value is -3.67. The van der Waals surface area contributed by atoms with E-state index in [4.69, 9.17) is 4.74 Å². The van der Waals surface area contributed by atoms with Gasteiger partial charge in [-0.25, -0.2) is 9.78 Å². The lowest BCUT2D eigenvalue weighted by atomic mass is 10.1. The molecule has 0 fully saturated rings. The molecule has 1 aliphatic heterocycles. The van der Waals surface area contributed by atoms with Gasteiger partial charge in [0.05, 0.1) is 23.9 Å². The Morgan fingerprint density at radius 1 is 1.07 bits per heavy atom. The van der Waals surface area contributed by atoms with Gasteiger partial charge in [0, 0.05) is 17.9 Å². The molecule has 29 heavy (non-hydrogen) atoms. The van der Waals surface area contributed by atoms with Gasteiger partial charge in [-0.15, -0.1) is 0 Å². The van der Waals surface area contributed by atoms with Crippen molar-refractivity contribution in [3.8, 4) is 0 Å². The van der Waals surface area contributed by atoms with Crippen LogP contribution in [0, 0.1) is 0 Å². The molecule has 0 aliphatic carbocycles. The third-order valence-corrected chi connectivity index (χ3v) is 5.04. The van der Waals surface area contributed by atoms with Crippen LogP contribution in [0.1, 0.15) is 33.2 Å². The second kappa shape index (κ2) is 7.75. The number of fused-ring (bicyclic) bond motifs is 1. The average Bonchev–Trinajstić information content (AvgIpc) is 3.09. The first kappa shape index (κ1) is 18.7. The van der Waals surface area contributed by atoms with Gasteiger partial charge in [0.1, 0.15) is 5.82 Å². The topological polar surface area (TPSA) is 71.5 Å². The molecule has 2 aromatic carbocycles. The number of aromatic nitrogens is 1. The molecule has 1 aromatic heterocycles. The third-order valence-electron chi connectivity index (χ3n) is 5.04. The smallest absolute Gasteiger partial charge is 0.339 e. The number of carbonyl (C=O) groups excluding carboxylic acids is 2. The van der Waals surface area contributed by atoms with Gasteiger partial charge in [-0.05, 0) is 49.2 Å². The zero-order valence-corrected chi connectivity index (χ0v) is 16.3. The van der Waals surface area contributed by atoms with Gasteiger partial charge in [-0.2, -0.15) is 0 Å². The van der Waals surface area contributed by atoms with Gasteiger partial charge in [0.2, 0.25) is 0 Å². The first-order valence-electron chi connectivity index (χ1n) is 9.40. The van der Waals surface area contributed by atoms with Gasteiger partial charge in [-0.3, -0.25) is 4.79 Å². The number of methoxy groups -OCH3 is 1. The molecule has 1 aliphatic rings. The van der Waals surface area contributed by atoms with Gasteiger partial charge in [-0.1, -0.05) is 30.3 Å². The van der Waals surface area contributed by atoms with E-state index in [1.807, 2.05) is 18.2 Å². The van der Waals surface area contributed by atoms with Crippen LogP contribution in [-0.2, 0) is 11.2 Å². The molecule has 0 saturated carbocycles. The Labute approximate surface area is 169 Å². The molecule has 0 spiro atoms. The SMILES string of the molecule is COC(=O)c1ccccc1NC(=O)c1ccc(N2c3ccccc3CC2C)nc1. The van der Waals surface area contributed by atoms with Crippen molar-refractivity contribution in [3.05, 3.63) is 83.6 Å². The number of pyridine rings is 1. The van der Waals surface area contributed by atoms with Crippen molar-refractivity contribution in [2.24, 2.45) is 0 Å². The van der Waals surface area contributed by atoms with E-state index in [2.05, 4.69) is 34.3 Å². The highest BCUT2D eigenvalue weighted by molar-refractivity contribution is 6.07. The fourth-order valence-corrected chi connectivity index (χ4v) is 3.65. The molecule has 0 bridgehead atoms. The highest BCUT2D eigenvalue weighted by Crippen LogP contribution is 2.37. The van der Waals surface area contributed by atoms with Crippen molar-refractivity contribution in [2.45, 2.75) is 19.4 Å². The molecule has 146 valence electrons. The van der Waals surface area contributed by atoms with Crippen molar-refractivity contribution in [3.63, 3.8) is 0 Å². The number of benzene rings is 2. The van der Waals surface area contributed by atoms with Crippen LogP contribution in [0.2, 0.25) is 0 Å². The molecule has 1 N–H and O–H groups in total. The van der Waals surface area contributed by atoms with Crippen LogP contribution in [0.3, 0.4) is 0 Å². The summed E-state index contributed by atoms with van der Waals surface area (Å²) in [7, 11) is 1.31. The van der Waals surface area contributed by atoms with E-state index < -0.39 is 5.97 Å². The first-order valence-corrected chi connectivity index (χ1v) is 9.40. The Kier molecular flexibility index (Phi) is 4.99. The van der Waals surface area contributed by atoms with E-state index in [1.165, 1.54) is 12.7 Å². The number of anilines is 3. The van der Waals surface area contributed by atoms with Crippen LogP contribution in [0.4, 0.5) is 17.2 Å². The predicted molar refractivity (Wildman–Crippen MR) is 112 cm³/mol. The molecule has 4 rings (SSSR count). The van der Waals surface area contributed by atoms with Crippen LogP contribution in [0.25, 0.3) is 0 Å². The predicted octanol–water partition coefficient (Wildman–Crippen LogP) is 4.20. The number of carbonyl (C=O) groups is 2. The maximum absolute atomic E-state index is 12.7. The number of rotatable bonds is 4. The summed E-state index contributed by atoms with van der Waals surface area (Å²) in [4.78, 5) is 31.2. The highest BCUT2D eigenvalue weighted by atomic mass is 16.5. The number of esters is 1. The van der Waals surface area contributed by atoms with E-state index in [1.54, 1.807) is 36.5 Å². The lowest BCUT2D eigenvalue weighted by Gasteiger charge is -2.23. The van der Waals surface area contributed by atoms with E-state index in [0.29, 0.717) is 22.9 Å². The zero-order chi connectivity index (χ0) is 20.4. The fourth-order valence-electron chi connectivity index (χ4n) is 3.65. The van der Waals surface area contributed by atoms with E-state index >= 15 is 0 Å². The highest BCUT2D eigenvalue weighted by Gasteiger charge is 2.27. The Morgan fingerprint density at radius 3 is 2.59 bits per heavy atom. The lowest BCUT2D eigenvalue weighted by molar-refractivity contribution is 0.0602. The summed E-state index contributed by atoms with van der Waals surface area (Å²) >= 11 is 0. The van der Waals surface area contributed by atoms with E-state index in [0.717, 1.165) is 17.9 Å². The number of ether oxygens (including phenoxy) is 1. The zero-order valence-electron chi connectivity index (χ0n) is 16.3. The summed E-state index contributed by atoms with van der Waals surface area (Å²) < 4.78 is 4.77. The van der Waals surface area contributed by atoms with Crippen LogP contribution in [0.5, 0.6) is 0 Å². The summed E-state index contributed by atoms with van der Waals surface area (Å²) in [6, 6.07) is 18.9. The maximum Gasteiger partial charge on any atom is 0.339 e. The van der Waals surface area contributed by atoms with Gasteiger partial charge in [0.15, 0.2) is 0 Å². The van der Waals surface area contributed by atoms with Crippen molar-refractivity contribution >= 4 is 29.1 Å². The molecular weight excluding hydrogens is 366 g/mol. The third kappa shape index (κ3) is 3.57. The normalized spacial score (nSPS) is 15.0. The standard InChI is InChI=1S/C23H21N3O3/c1-15-13-16-7-3-6-10-20(16)26(15)21-12-11-17(14-24-21)22(27)25-19-9-5-4-8-18(19)23(28)29-2/h3-12,14-15H,13H2,1-2H3,(H,25,27). The molecule has 3 aromatic rings. The maximum atomic E-state index is 12.7. The molecule has 1 unspecified atom stereocenters. The van der Waals surface area contributed by atoms with Crippen LogP contribution < -0.4 is 10.2 Å². The second-order valence-electron chi connectivity index (χ2n) is 6.95. The average molecular weight is 387 g/mol. The molecule has 6 heteroatoms. The van der Waals surface area contributed by atoms with Crippen LogP contribution in [0.15, 0.2) is 66.9 Å². The molecule has 0 radical (unpaired) electrons. The summed E-state index contributed by atoms with van der Waals surface area (Å²) in [5, 5.41) is 2.76. The molecular formula is C23H21N3O3. The van der Waals surface area contributed by atoms with Crippen molar-refractivity contribution in [1.82, 2.24) is 4.98 Å². The van der Waals surface area contributed by atoms with Gasteiger partial charge in [0.25, 0.3) is 5.91 Å². The van der Waals surface area contributed by atoms with Crippen molar-refractivity contribution in [1.29, 1.82) is 0 Å². The summed E-state index contributed by atoms with van der Waals surface area (Å²) in [5.41, 5.74) is 3.55. The number of para-hydroxylation sites is 2. The Morgan fingerprint density at radius 2 is 1.83 bits per heavy atom. The van der Waals surface area contributed by atoms with E-state index in [-0.39, 0.29) is 5.91 Å². The quantitative estimate of drug-likeness (QED) is 0.679. The number of hydrogen-bond acceptors (Lipinski definition) is 5. The van der Waals surface area contributed by atoms with Crippen molar-refractivity contribution < 1.29 is 14.3 Å². The number of nitrogens with zero attached hydrogens (tertiary/aromatic N) is 2. The molecule has 2 heterocycles. The molecule has 1 atom stereocenters. The Balaban J connectivity index is 1.55. The number of amides is 1. The number of hydrogen-bond donors (Lipinski definition) is 1. The molecule has 1 amide bonds. The summed E-state index contributed by atoms with van der Waals surface area (Å²) in [6.07, 6.45) is 2.52. The first-order chi connectivity index (χ1) is 14.1. The summed E-state index contributed by atoms with van der Waals surface area (Å²) in [5.74, 6) is -0.0414. The monoisotopic (exact) mass is 387 g/mol. The largest absolute Gasteiger partial charge is 0.465 e. The summed E-state index contributed by atoms with van der Waals surface area (Å²) in [6.45, 7) is 2.16. The van der Waals surface area contributed by atoms with Crippen LogP contribution >= 0.6 is 0 Å². The van der Waals surface area contributed by atoms with Gasteiger partial charge < -0.3 is 15.0 Å². The Bertz CT molecular complexity index is 1060. The van der Waals surface area contributed by atoms with E-state index in [9.17, 15) is 9.59 Å². The minimum absolute atomic E-state index is 0.298. The minimum Gasteiger partial charge on any atom is -0.465 e. The molecule has 6 nitrogen and oxygen atoms in total. The van der Waals surface area contributed by atoms with Crippen molar-refractivity contribution in [2.75, 3.05) is 17.3 Å².